The average Bonchev–Trinajstić information content (AvgIpc) is 3.20. The Balaban J connectivity index is 1.85. The molecule has 0 saturated heterocycles. The van der Waals surface area contributed by atoms with Crippen molar-refractivity contribution in [2.24, 2.45) is 5.92 Å². The van der Waals surface area contributed by atoms with Crippen molar-refractivity contribution in [1.82, 2.24) is 14.8 Å². The quantitative estimate of drug-likeness (QED) is 0.812. The molecule has 1 unspecified atom stereocenters. The molecule has 1 fully saturated rings. The number of carbonyl (C=O) groups excluding carboxylic acids is 1. The second kappa shape index (κ2) is 6.00. The summed E-state index contributed by atoms with van der Waals surface area (Å²) in [5.74, 6) is -0.279. The number of nitrogens with zero attached hydrogens (tertiary/aromatic N) is 4. The highest BCUT2D eigenvalue weighted by atomic mass is 79.9. The number of amides is 1. The molecule has 1 amide bonds. The maximum atomic E-state index is 13.3. The number of anilines is 1. The van der Waals surface area contributed by atoms with Crippen LogP contribution < -0.4 is 4.90 Å². The molecule has 1 saturated carbocycles. The van der Waals surface area contributed by atoms with Gasteiger partial charge in [0, 0.05) is 18.4 Å². The van der Waals surface area contributed by atoms with Crippen LogP contribution in [0.1, 0.15) is 6.42 Å². The number of carbonyl (C=O) groups is 1. The van der Waals surface area contributed by atoms with Crippen molar-refractivity contribution >= 4 is 39.3 Å². The number of hydrogen-bond donors (Lipinski definition) is 0. The summed E-state index contributed by atoms with van der Waals surface area (Å²) in [6, 6.07) is 1.34. The summed E-state index contributed by atoms with van der Waals surface area (Å²) in [6.45, 7) is 0. The van der Waals surface area contributed by atoms with Crippen LogP contribution in [0.2, 0.25) is 0 Å². The maximum Gasteiger partial charge on any atom is 0.231 e. The topological polar surface area (TPSA) is 51.0 Å². The molecule has 2 atom stereocenters. The monoisotopic (exact) mass is 384 g/mol. The van der Waals surface area contributed by atoms with E-state index in [1.807, 2.05) is 6.26 Å². The van der Waals surface area contributed by atoms with E-state index in [1.165, 1.54) is 16.9 Å². The standard InChI is InChI=1S/C14H14BrFN4OS/c1-19(14(21)10-4-12(10)22-2)11-7-20(18-13(11)15)9-3-8(16)5-17-6-9/h3,5-7,10,12H,4H2,1-2H3/t10?,12-/m1/s1. The number of rotatable bonds is 4. The molecule has 2 heterocycles. The predicted octanol–water partition coefficient (Wildman–Crippen LogP) is 2.88. The van der Waals surface area contributed by atoms with Gasteiger partial charge in [-0.25, -0.2) is 9.07 Å². The first-order valence-electron chi connectivity index (χ1n) is 6.67. The second-order valence-electron chi connectivity index (χ2n) is 5.12. The van der Waals surface area contributed by atoms with Gasteiger partial charge in [-0.1, -0.05) is 0 Å². The molecule has 0 spiro atoms. The van der Waals surface area contributed by atoms with Crippen LogP contribution in [0.25, 0.3) is 5.69 Å². The fourth-order valence-electron chi connectivity index (χ4n) is 2.29. The van der Waals surface area contributed by atoms with Gasteiger partial charge in [-0.2, -0.15) is 16.9 Å². The van der Waals surface area contributed by atoms with E-state index >= 15 is 0 Å². The smallest absolute Gasteiger partial charge is 0.231 e. The molecule has 1 aliphatic rings. The minimum atomic E-state index is -0.434. The Morgan fingerprint density at radius 1 is 1.55 bits per heavy atom. The van der Waals surface area contributed by atoms with Gasteiger partial charge in [-0.15, -0.1) is 0 Å². The third-order valence-electron chi connectivity index (χ3n) is 3.65. The van der Waals surface area contributed by atoms with Gasteiger partial charge in [-0.05, 0) is 28.6 Å². The maximum absolute atomic E-state index is 13.3. The molecular weight excluding hydrogens is 371 g/mol. The zero-order valence-electron chi connectivity index (χ0n) is 12.0. The van der Waals surface area contributed by atoms with Crippen LogP contribution in [0.3, 0.4) is 0 Å². The van der Waals surface area contributed by atoms with E-state index in [1.54, 1.807) is 29.9 Å². The van der Waals surface area contributed by atoms with Gasteiger partial charge in [0.2, 0.25) is 5.91 Å². The zero-order chi connectivity index (χ0) is 15.9. The molecule has 0 bridgehead atoms. The lowest BCUT2D eigenvalue weighted by Crippen LogP contribution is -2.28. The third-order valence-corrected chi connectivity index (χ3v) is 5.34. The van der Waals surface area contributed by atoms with Gasteiger partial charge in [0.15, 0.2) is 4.60 Å². The molecule has 22 heavy (non-hydrogen) atoms. The van der Waals surface area contributed by atoms with Gasteiger partial charge >= 0.3 is 0 Å². The molecule has 2 aromatic heterocycles. The summed E-state index contributed by atoms with van der Waals surface area (Å²) in [7, 11) is 1.73. The summed E-state index contributed by atoms with van der Waals surface area (Å²) >= 11 is 5.08. The molecular formula is C14H14BrFN4OS. The van der Waals surface area contributed by atoms with E-state index < -0.39 is 5.82 Å². The molecule has 8 heteroatoms. The Bertz CT molecular complexity index is 723. The minimum absolute atomic E-state index is 0.0751. The number of pyridine rings is 1. The van der Waals surface area contributed by atoms with Crippen molar-refractivity contribution < 1.29 is 9.18 Å². The van der Waals surface area contributed by atoms with Crippen LogP contribution in [-0.2, 0) is 4.79 Å². The molecule has 5 nitrogen and oxygen atoms in total. The van der Waals surface area contributed by atoms with Gasteiger partial charge in [0.25, 0.3) is 0 Å². The first-order valence-corrected chi connectivity index (χ1v) is 8.76. The fourth-order valence-corrected chi connectivity index (χ4v) is 3.67. The summed E-state index contributed by atoms with van der Waals surface area (Å²) in [5.41, 5.74) is 1.15. The molecule has 0 aromatic carbocycles. The van der Waals surface area contributed by atoms with Crippen LogP contribution in [-0.4, -0.2) is 39.2 Å². The van der Waals surface area contributed by atoms with E-state index in [9.17, 15) is 9.18 Å². The third kappa shape index (κ3) is 2.89. The number of halogens is 2. The lowest BCUT2D eigenvalue weighted by Gasteiger charge is -2.15. The largest absolute Gasteiger partial charge is 0.311 e. The molecule has 0 aliphatic heterocycles. The normalized spacial score (nSPS) is 20.0. The first kappa shape index (κ1) is 15.5. The second-order valence-corrected chi connectivity index (χ2v) is 6.95. The molecule has 0 N–H and O–H groups in total. The van der Waals surface area contributed by atoms with Crippen LogP contribution in [0.5, 0.6) is 0 Å². The summed E-state index contributed by atoms with van der Waals surface area (Å²) in [4.78, 5) is 17.8. The predicted molar refractivity (Wildman–Crippen MR) is 87.8 cm³/mol. The van der Waals surface area contributed by atoms with Gasteiger partial charge in [-0.3, -0.25) is 9.78 Å². The van der Waals surface area contributed by atoms with E-state index in [-0.39, 0.29) is 11.8 Å². The Kier molecular flexibility index (Phi) is 4.22. The van der Waals surface area contributed by atoms with Crippen LogP contribution in [0, 0.1) is 11.7 Å². The summed E-state index contributed by atoms with van der Waals surface area (Å²) < 4.78 is 15.3. The van der Waals surface area contributed by atoms with Crippen LogP contribution in [0.4, 0.5) is 10.1 Å². The summed E-state index contributed by atoms with van der Waals surface area (Å²) in [6.07, 6.45) is 7.27. The van der Waals surface area contributed by atoms with Crippen molar-refractivity contribution in [3.8, 4) is 5.69 Å². The van der Waals surface area contributed by atoms with Crippen molar-refractivity contribution in [1.29, 1.82) is 0 Å². The van der Waals surface area contributed by atoms with E-state index in [0.29, 0.717) is 21.2 Å². The fraction of sp³-hybridized carbons (Fsp3) is 0.357. The highest BCUT2D eigenvalue weighted by Gasteiger charge is 2.44. The SMILES string of the molecule is CS[C@@H]1CC1C(=O)N(C)c1cn(-c2cncc(F)c2)nc1Br. The Morgan fingerprint density at radius 3 is 2.95 bits per heavy atom. The lowest BCUT2D eigenvalue weighted by atomic mass is 10.3. The van der Waals surface area contributed by atoms with Crippen molar-refractivity contribution in [2.75, 3.05) is 18.2 Å². The number of thioether (sulfide) groups is 1. The Morgan fingerprint density at radius 2 is 2.32 bits per heavy atom. The summed E-state index contributed by atoms with van der Waals surface area (Å²) in [5, 5.41) is 4.69. The van der Waals surface area contributed by atoms with E-state index in [0.717, 1.165) is 12.6 Å². The van der Waals surface area contributed by atoms with Gasteiger partial charge in [0.1, 0.15) is 5.82 Å². The van der Waals surface area contributed by atoms with Gasteiger partial charge in [0.05, 0.1) is 35.9 Å². The lowest BCUT2D eigenvalue weighted by molar-refractivity contribution is -0.119. The first-order chi connectivity index (χ1) is 10.5. The highest BCUT2D eigenvalue weighted by Crippen LogP contribution is 2.42. The van der Waals surface area contributed by atoms with Gasteiger partial charge < -0.3 is 4.90 Å². The Hall–Kier alpha value is -1.41. The highest BCUT2D eigenvalue weighted by molar-refractivity contribution is 9.10. The molecule has 116 valence electrons. The Labute approximate surface area is 140 Å². The zero-order valence-corrected chi connectivity index (χ0v) is 14.4. The molecule has 3 rings (SSSR count). The minimum Gasteiger partial charge on any atom is -0.311 e. The number of aromatic nitrogens is 3. The molecule has 1 aliphatic carbocycles. The van der Waals surface area contributed by atoms with E-state index in [2.05, 4.69) is 26.0 Å². The van der Waals surface area contributed by atoms with Crippen molar-refractivity contribution in [3.05, 3.63) is 35.1 Å². The molecule has 2 aromatic rings. The molecule has 0 radical (unpaired) electrons. The number of hydrogen-bond acceptors (Lipinski definition) is 4. The van der Waals surface area contributed by atoms with Crippen molar-refractivity contribution in [3.63, 3.8) is 0 Å². The van der Waals surface area contributed by atoms with E-state index in [4.69, 9.17) is 0 Å². The van der Waals surface area contributed by atoms with Crippen LogP contribution in [0.15, 0.2) is 29.3 Å². The van der Waals surface area contributed by atoms with Crippen LogP contribution >= 0.6 is 27.7 Å². The van der Waals surface area contributed by atoms with Crippen molar-refractivity contribution in [2.45, 2.75) is 11.7 Å². The average molecular weight is 385 g/mol.